The van der Waals surface area contributed by atoms with E-state index < -0.39 is 26.9 Å². The summed E-state index contributed by atoms with van der Waals surface area (Å²) >= 11 is 1.08. The molecule has 1 aliphatic carbocycles. The zero-order valence-electron chi connectivity index (χ0n) is 17.2. The zero-order chi connectivity index (χ0) is 22.6. The van der Waals surface area contributed by atoms with Gasteiger partial charge in [-0.05, 0) is 31.7 Å². The van der Waals surface area contributed by atoms with Crippen molar-refractivity contribution in [1.82, 2.24) is 15.0 Å². The lowest BCUT2D eigenvalue weighted by Crippen LogP contribution is -2.32. The number of sulfonamides is 1. The highest BCUT2D eigenvalue weighted by atomic mass is 32.2. The van der Waals surface area contributed by atoms with Crippen LogP contribution in [0.15, 0.2) is 23.4 Å². The predicted octanol–water partition coefficient (Wildman–Crippen LogP) is 3.34. The molecule has 1 unspecified atom stereocenters. The highest BCUT2D eigenvalue weighted by Gasteiger charge is 2.26. The lowest BCUT2D eigenvalue weighted by molar-refractivity contribution is 0.238. The maximum absolute atomic E-state index is 14.1. The molecule has 1 heterocycles. The van der Waals surface area contributed by atoms with E-state index in [0.717, 1.165) is 49.8 Å². The number of aliphatic hydroxyl groups is 1. The first-order valence-electron chi connectivity index (χ1n) is 9.87. The Balaban J connectivity index is 1.87. The zero-order valence-corrected chi connectivity index (χ0v) is 18.8. The van der Waals surface area contributed by atoms with Crippen molar-refractivity contribution in [2.75, 3.05) is 22.9 Å². The number of benzene rings is 1. The van der Waals surface area contributed by atoms with E-state index in [1.54, 1.807) is 6.92 Å². The molecule has 170 valence electrons. The van der Waals surface area contributed by atoms with E-state index in [9.17, 15) is 22.3 Å². The summed E-state index contributed by atoms with van der Waals surface area (Å²) in [6, 6.07) is 3.04. The number of thioether (sulfide) groups is 1. The molecule has 0 saturated heterocycles. The van der Waals surface area contributed by atoms with Crippen molar-refractivity contribution >= 4 is 33.7 Å². The number of aromatic nitrogens is 3. The summed E-state index contributed by atoms with van der Waals surface area (Å²) in [7, 11) is -3.64. The lowest BCUT2D eigenvalue weighted by Gasteiger charge is -2.23. The maximum Gasteiger partial charge on any atom is 0.242 e. The van der Waals surface area contributed by atoms with Crippen molar-refractivity contribution in [3.63, 3.8) is 0 Å². The number of aliphatic hydroxyl groups excluding tert-OH is 1. The largest absolute Gasteiger partial charge is 0.394 e. The van der Waals surface area contributed by atoms with Gasteiger partial charge in [0.25, 0.3) is 0 Å². The Morgan fingerprint density at radius 3 is 2.48 bits per heavy atom. The average Bonchev–Trinajstić information content (AvgIpc) is 3.19. The SMILES string of the molecule is CC(Sc1nc(N[C@@H](CO)C2CCCC2)nc(NS(C)(=O)=O)n1)c1ccc(F)cc1F. The van der Waals surface area contributed by atoms with Crippen LogP contribution >= 0.6 is 11.8 Å². The minimum Gasteiger partial charge on any atom is -0.394 e. The van der Waals surface area contributed by atoms with E-state index in [-0.39, 0.29) is 41.2 Å². The Labute approximate surface area is 184 Å². The van der Waals surface area contributed by atoms with Gasteiger partial charge in [-0.2, -0.15) is 15.0 Å². The summed E-state index contributed by atoms with van der Waals surface area (Å²) in [4.78, 5) is 12.6. The normalized spacial score (nSPS) is 16.8. The predicted molar refractivity (Wildman–Crippen MR) is 115 cm³/mol. The monoisotopic (exact) mass is 473 g/mol. The van der Waals surface area contributed by atoms with E-state index in [0.29, 0.717) is 0 Å². The molecule has 3 rings (SSSR count). The van der Waals surface area contributed by atoms with Gasteiger partial charge in [0.15, 0.2) is 5.16 Å². The molecule has 0 bridgehead atoms. The molecule has 1 fully saturated rings. The van der Waals surface area contributed by atoms with Gasteiger partial charge in [0.1, 0.15) is 11.6 Å². The van der Waals surface area contributed by atoms with Crippen LogP contribution in [0.5, 0.6) is 0 Å². The molecule has 0 amide bonds. The van der Waals surface area contributed by atoms with Gasteiger partial charge in [-0.1, -0.05) is 30.7 Å². The standard InChI is InChI=1S/C19H25F2N5O3S2/c1-11(14-8-7-13(20)9-15(14)21)30-19-24-17(23-18(25-19)26-31(2,28)29)22-16(10-27)12-5-3-4-6-12/h7-9,11-12,16,27H,3-6,10H2,1-2H3,(H2,22,23,24,25,26)/t11?,16-/m0/s1. The third-order valence-electron chi connectivity index (χ3n) is 5.05. The van der Waals surface area contributed by atoms with Gasteiger partial charge in [0.2, 0.25) is 21.9 Å². The van der Waals surface area contributed by atoms with Crippen molar-refractivity contribution in [1.29, 1.82) is 0 Å². The van der Waals surface area contributed by atoms with E-state index in [2.05, 4.69) is 25.0 Å². The summed E-state index contributed by atoms with van der Waals surface area (Å²) in [5.74, 6) is -1.18. The van der Waals surface area contributed by atoms with Gasteiger partial charge < -0.3 is 10.4 Å². The fourth-order valence-electron chi connectivity index (χ4n) is 3.58. The third-order valence-corrected chi connectivity index (χ3v) is 6.61. The number of nitrogens with zero attached hydrogens (tertiary/aromatic N) is 3. The van der Waals surface area contributed by atoms with Crippen molar-refractivity contribution in [2.24, 2.45) is 5.92 Å². The van der Waals surface area contributed by atoms with Crippen LogP contribution in [-0.4, -0.2) is 47.4 Å². The van der Waals surface area contributed by atoms with Crippen LogP contribution in [0.1, 0.15) is 43.4 Å². The van der Waals surface area contributed by atoms with Crippen molar-refractivity contribution in [2.45, 2.75) is 49.1 Å². The Morgan fingerprint density at radius 2 is 1.87 bits per heavy atom. The third kappa shape index (κ3) is 6.71. The van der Waals surface area contributed by atoms with E-state index in [4.69, 9.17) is 0 Å². The Morgan fingerprint density at radius 1 is 1.19 bits per heavy atom. The van der Waals surface area contributed by atoms with Crippen LogP contribution in [0.4, 0.5) is 20.7 Å². The summed E-state index contributed by atoms with van der Waals surface area (Å²) in [5, 5.41) is 12.6. The maximum atomic E-state index is 14.1. The Bertz CT molecular complexity index is 1020. The van der Waals surface area contributed by atoms with Gasteiger partial charge >= 0.3 is 0 Å². The molecule has 12 heteroatoms. The van der Waals surface area contributed by atoms with Crippen LogP contribution in [-0.2, 0) is 10.0 Å². The highest BCUT2D eigenvalue weighted by Crippen LogP contribution is 2.35. The first kappa shape index (κ1) is 23.6. The second-order valence-corrected chi connectivity index (χ2v) is 10.6. The summed E-state index contributed by atoms with van der Waals surface area (Å²) in [6.45, 7) is 1.58. The van der Waals surface area contributed by atoms with Crippen molar-refractivity contribution in [3.05, 3.63) is 35.4 Å². The number of halogens is 2. The van der Waals surface area contributed by atoms with Crippen molar-refractivity contribution in [3.8, 4) is 0 Å². The van der Waals surface area contributed by atoms with Crippen LogP contribution in [0.3, 0.4) is 0 Å². The molecule has 1 aromatic heterocycles. The molecule has 0 radical (unpaired) electrons. The molecule has 2 aromatic rings. The average molecular weight is 474 g/mol. The molecule has 0 aliphatic heterocycles. The lowest BCUT2D eigenvalue weighted by atomic mass is 9.99. The minimum absolute atomic E-state index is 0.112. The number of anilines is 2. The summed E-state index contributed by atoms with van der Waals surface area (Å²) in [5.41, 5.74) is 0.262. The molecule has 8 nitrogen and oxygen atoms in total. The number of rotatable bonds is 9. The van der Waals surface area contributed by atoms with E-state index in [1.807, 2.05) is 0 Å². The molecule has 2 atom stereocenters. The van der Waals surface area contributed by atoms with Crippen LogP contribution in [0.25, 0.3) is 0 Å². The molecule has 1 aliphatic rings. The summed E-state index contributed by atoms with van der Waals surface area (Å²) < 4.78 is 52.9. The molecular formula is C19H25F2N5O3S2. The first-order valence-corrected chi connectivity index (χ1v) is 12.6. The number of hydrogen-bond donors (Lipinski definition) is 3. The highest BCUT2D eigenvalue weighted by molar-refractivity contribution is 7.99. The minimum atomic E-state index is -3.64. The smallest absolute Gasteiger partial charge is 0.242 e. The first-order chi connectivity index (χ1) is 14.6. The number of hydrogen-bond acceptors (Lipinski definition) is 8. The topological polar surface area (TPSA) is 117 Å². The van der Waals surface area contributed by atoms with Gasteiger partial charge in [-0.25, -0.2) is 17.2 Å². The molecule has 3 N–H and O–H groups in total. The fraction of sp³-hybridized carbons (Fsp3) is 0.526. The Hall–Kier alpha value is -2.05. The van der Waals surface area contributed by atoms with Gasteiger partial charge in [-0.15, -0.1) is 0 Å². The van der Waals surface area contributed by atoms with Crippen LogP contribution in [0.2, 0.25) is 0 Å². The summed E-state index contributed by atoms with van der Waals surface area (Å²) in [6.07, 6.45) is 5.09. The molecule has 1 aromatic carbocycles. The Kier molecular flexibility index (Phi) is 7.65. The molecule has 1 saturated carbocycles. The van der Waals surface area contributed by atoms with Gasteiger partial charge in [0, 0.05) is 16.9 Å². The van der Waals surface area contributed by atoms with Gasteiger partial charge in [-0.3, -0.25) is 4.72 Å². The quantitative estimate of drug-likeness (QED) is 0.475. The van der Waals surface area contributed by atoms with Crippen LogP contribution in [0, 0.1) is 17.6 Å². The number of nitrogens with one attached hydrogen (secondary N) is 2. The fourth-order valence-corrected chi connectivity index (χ4v) is 4.91. The molecular weight excluding hydrogens is 448 g/mol. The van der Waals surface area contributed by atoms with Gasteiger partial charge in [0.05, 0.1) is 18.9 Å². The molecule has 0 spiro atoms. The van der Waals surface area contributed by atoms with E-state index in [1.165, 1.54) is 12.1 Å². The molecule has 31 heavy (non-hydrogen) atoms. The van der Waals surface area contributed by atoms with Crippen molar-refractivity contribution < 1.29 is 22.3 Å². The van der Waals surface area contributed by atoms with E-state index >= 15 is 0 Å². The van der Waals surface area contributed by atoms with Crippen LogP contribution < -0.4 is 10.0 Å². The second-order valence-electron chi connectivity index (χ2n) is 7.54. The second kappa shape index (κ2) is 10.0.